The van der Waals surface area contributed by atoms with E-state index >= 15 is 0 Å². The molecule has 0 amide bonds. The van der Waals surface area contributed by atoms with E-state index in [1.807, 2.05) is 13.8 Å². The van der Waals surface area contributed by atoms with Gasteiger partial charge in [0, 0.05) is 5.57 Å². The molecule has 8 atom stereocenters. The number of fused-ring (bicyclic) bond motifs is 1. The topological polar surface area (TPSA) is 85.2 Å². The molecule has 32 heavy (non-hydrogen) atoms. The number of esters is 1. The summed E-state index contributed by atoms with van der Waals surface area (Å²) in [6.45, 7) is 16.0. The van der Waals surface area contributed by atoms with Crippen LogP contribution in [0.4, 0.5) is 0 Å². The van der Waals surface area contributed by atoms with E-state index in [0.29, 0.717) is 16.9 Å². The summed E-state index contributed by atoms with van der Waals surface area (Å²) >= 11 is 0. The van der Waals surface area contributed by atoms with Crippen molar-refractivity contribution in [1.29, 1.82) is 0 Å². The molecule has 3 aliphatic rings. The highest BCUT2D eigenvalue weighted by Gasteiger charge is 2.51. The van der Waals surface area contributed by atoms with E-state index in [9.17, 15) is 15.0 Å². The van der Waals surface area contributed by atoms with Gasteiger partial charge in [-0.25, -0.2) is 4.79 Å². The molecule has 6 heteroatoms. The second kappa shape index (κ2) is 9.57. The number of allylic oxidation sites excluding steroid dienone is 2. The highest BCUT2D eigenvalue weighted by molar-refractivity contribution is 5.87. The van der Waals surface area contributed by atoms with Gasteiger partial charge in [0.25, 0.3) is 0 Å². The van der Waals surface area contributed by atoms with E-state index in [1.165, 1.54) is 18.4 Å². The van der Waals surface area contributed by atoms with Crippen LogP contribution in [0.1, 0.15) is 80.1 Å². The van der Waals surface area contributed by atoms with Crippen LogP contribution in [0, 0.1) is 17.3 Å². The normalized spacial score (nSPS) is 41.2. The van der Waals surface area contributed by atoms with Crippen molar-refractivity contribution in [2.45, 2.75) is 116 Å². The molecule has 0 radical (unpaired) electrons. The summed E-state index contributed by atoms with van der Waals surface area (Å²) in [6.07, 6.45) is 3.24. The van der Waals surface area contributed by atoms with Gasteiger partial charge in [-0.15, -0.1) is 0 Å². The first-order chi connectivity index (χ1) is 14.9. The van der Waals surface area contributed by atoms with Crippen molar-refractivity contribution in [1.82, 2.24) is 0 Å². The number of aliphatic hydroxyl groups is 2. The lowest BCUT2D eigenvalue weighted by Crippen LogP contribution is -2.61. The fourth-order valence-electron chi connectivity index (χ4n) is 5.80. The molecule has 0 aromatic carbocycles. The van der Waals surface area contributed by atoms with E-state index in [0.717, 1.165) is 25.7 Å². The Labute approximate surface area is 193 Å². The molecular weight excluding hydrogens is 408 g/mol. The molecule has 1 heterocycles. The first-order valence-electron chi connectivity index (χ1n) is 12.1. The number of carbonyl (C=O) groups is 1. The van der Waals surface area contributed by atoms with E-state index in [1.54, 1.807) is 26.8 Å². The van der Waals surface area contributed by atoms with Gasteiger partial charge in [-0.1, -0.05) is 25.2 Å². The number of hydrogen-bond acceptors (Lipinski definition) is 6. The Morgan fingerprint density at radius 1 is 1.28 bits per heavy atom. The van der Waals surface area contributed by atoms with Crippen LogP contribution in [0.2, 0.25) is 0 Å². The minimum absolute atomic E-state index is 0.284. The van der Waals surface area contributed by atoms with Gasteiger partial charge in [0.2, 0.25) is 0 Å². The molecule has 3 fully saturated rings. The predicted molar refractivity (Wildman–Crippen MR) is 123 cm³/mol. The Kier molecular flexibility index (Phi) is 7.60. The molecule has 1 aliphatic heterocycles. The molecule has 0 aromatic rings. The van der Waals surface area contributed by atoms with Crippen molar-refractivity contribution < 1.29 is 29.2 Å². The molecule has 2 N–H and O–H groups in total. The summed E-state index contributed by atoms with van der Waals surface area (Å²) in [4.78, 5) is 12.4. The lowest BCUT2D eigenvalue weighted by molar-refractivity contribution is -0.325. The van der Waals surface area contributed by atoms with Gasteiger partial charge < -0.3 is 24.4 Å². The monoisotopic (exact) mass is 450 g/mol. The Morgan fingerprint density at radius 2 is 1.97 bits per heavy atom. The molecule has 1 saturated heterocycles. The van der Waals surface area contributed by atoms with Gasteiger partial charge in [-0.3, -0.25) is 0 Å². The molecule has 0 aromatic heterocycles. The van der Waals surface area contributed by atoms with E-state index in [4.69, 9.17) is 14.2 Å². The van der Waals surface area contributed by atoms with Crippen LogP contribution in [0.5, 0.6) is 0 Å². The lowest BCUT2D eigenvalue weighted by Gasteiger charge is -2.52. The van der Waals surface area contributed by atoms with Crippen LogP contribution < -0.4 is 0 Å². The summed E-state index contributed by atoms with van der Waals surface area (Å²) in [7, 11) is 0. The number of hydrogen-bond donors (Lipinski definition) is 2. The van der Waals surface area contributed by atoms with Crippen molar-refractivity contribution in [3.05, 3.63) is 23.8 Å². The summed E-state index contributed by atoms with van der Waals surface area (Å²) in [5, 5.41) is 21.0. The van der Waals surface area contributed by atoms with Gasteiger partial charge >= 0.3 is 5.97 Å². The van der Waals surface area contributed by atoms with E-state index < -0.39 is 42.3 Å². The third-order valence-electron chi connectivity index (χ3n) is 8.35. The summed E-state index contributed by atoms with van der Waals surface area (Å²) in [5.41, 5.74) is 1.53. The van der Waals surface area contributed by atoms with E-state index in [2.05, 4.69) is 13.5 Å². The van der Waals surface area contributed by atoms with Gasteiger partial charge in [0.1, 0.15) is 12.2 Å². The summed E-state index contributed by atoms with van der Waals surface area (Å²) in [5.74, 6) is 0.217. The molecule has 8 unspecified atom stereocenters. The SMILES string of the molecule is C=C1CCCC2(C)CCC(C(C)(C)OC3OC(C)C(O)C(O)C3OC(=O)/C(C)=C/C)CC12. The van der Waals surface area contributed by atoms with E-state index in [-0.39, 0.29) is 5.92 Å². The zero-order chi connectivity index (χ0) is 23.8. The predicted octanol–water partition coefficient (Wildman–Crippen LogP) is 4.29. The Hall–Kier alpha value is -1.21. The van der Waals surface area contributed by atoms with Crippen LogP contribution in [0.25, 0.3) is 0 Å². The van der Waals surface area contributed by atoms with Crippen LogP contribution in [0.15, 0.2) is 23.8 Å². The lowest BCUT2D eigenvalue weighted by atomic mass is 9.55. The highest BCUT2D eigenvalue weighted by Crippen LogP contribution is 2.55. The summed E-state index contributed by atoms with van der Waals surface area (Å²) in [6, 6.07) is 0. The summed E-state index contributed by atoms with van der Waals surface area (Å²) < 4.78 is 17.9. The first kappa shape index (κ1) is 25.4. The first-order valence-corrected chi connectivity index (χ1v) is 12.1. The van der Waals surface area contributed by atoms with Crippen molar-refractivity contribution in [3.63, 3.8) is 0 Å². The van der Waals surface area contributed by atoms with Crippen LogP contribution in [-0.4, -0.2) is 52.5 Å². The molecule has 6 nitrogen and oxygen atoms in total. The highest BCUT2D eigenvalue weighted by atomic mass is 16.7. The van der Waals surface area contributed by atoms with Gasteiger partial charge in [-0.05, 0) is 90.4 Å². The quantitative estimate of drug-likeness (QED) is 0.369. The van der Waals surface area contributed by atoms with Gasteiger partial charge in [0.05, 0.1) is 11.7 Å². The van der Waals surface area contributed by atoms with Gasteiger partial charge in [-0.2, -0.15) is 0 Å². The van der Waals surface area contributed by atoms with Crippen molar-refractivity contribution in [3.8, 4) is 0 Å². The molecule has 182 valence electrons. The zero-order valence-corrected chi connectivity index (χ0v) is 20.6. The zero-order valence-electron chi connectivity index (χ0n) is 20.6. The maximum atomic E-state index is 12.4. The molecule has 0 spiro atoms. The van der Waals surface area contributed by atoms with Crippen LogP contribution in [0.3, 0.4) is 0 Å². The molecule has 2 saturated carbocycles. The average molecular weight is 451 g/mol. The Bertz CT molecular complexity index is 743. The Balaban J connectivity index is 1.77. The number of carbonyl (C=O) groups excluding carboxylic acids is 1. The standard InChI is InChI=1S/C26H42O6/c1-8-15(2)23(29)31-22-21(28)20(27)17(4)30-24(22)32-25(5,6)18-11-13-26(7)12-9-10-16(3)19(26)14-18/h8,17-22,24,27-28H,3,9-14H2,1-2,4-7H3/b15-8+. The minimum atomic E-state index is -1.29. The van der Waals surface area contributed by atoms with Crippen LogP contribution >= 0.6 is 0 Å². The number of ether oxygens (including phenoxy) is 3. The maximum absolute atomic E-state index is 12.4. The number of aliphatic hydroxyl groups excluding tert-OH is 2. The van der Waals surface area contributed by atoms with Crippen molar-refractivity contribution in [2.24, 2.45) is 17.3 Å². The maximum Gasteiger partial charge on any atom is 0.333 e. The van der Waals surface area contributed by atoms with Crippen molar-refractivity contribution >= 4 is 5.97 Å². The smallest absolute Gasteiger partial charge is 0.333 e. The van der Waals surface area contributed by atoms with Gasteiger partial charge in [0.15, 0.2) is 12.4 Å². The molecule has 2 aliphatic carbocycles. The molecule has 0 bridgehead atoms. The fraction of sp³-hybridized carbons (Fsp3) is 0.808. The molecular formula is C26H42O6. The largest absolute Gasteiger partial charge is 0.451 e. The average Bonchev–Trinajstić information content (AvgIpc) is 2.73. The minimum Gasteiger partial charge on any atom is -0.451 e. The second-order valence-corrected chi connectivity index (χ2v) is 10.9. The second-order valence-electron chi connectivity index (χ2n) is 10.9. The van der Waals surface area contributed by atoms with Crippen molar-refractivity contribution in [2.75, 3.05) is 0 Å². The third kappa shape index (κ3) is 4.98. The van der Waals surface area contributed by atoms with Crippen LogP contribution in [-0.2, 0) is 19.0 Å². The fourth-order valence-corrected chi connectivity index (χ4v) is 5.80. The molecule has 3 rings (SSSR count). The number of rotatable bonds is 5. The third-order valence-corrected chi connectivity index (χ3v) is 8.35. The Morgan fingerprint density at radius 3 is 2.62 bits per heavy atom.